The molecule has 1 aliphatic carbocycles. The molecule has 0 saturated carbocycles. The van der Waals surface area contributed by atoms with E-state index < -0.39 is 0 Å². The maximum absolute atomic E-state index is 2.76. The van der Waals surface area contributed by atoms with E-state index in [4.69, 9.17) is 0 Å². The molecule has 0 heterocycles. The molecule has 0 heteroatoms. The molecule has 0 aliphatic heterocycles. The molecule has 0 fully saturated rings. The molecule has 0 atom stereocenters. The summed E-state index contributed by atoms with van der Waals surface area (Å²) in [4.78, 5) is 0. The highest BCUT2D eigenvalue weighted by Gasteiger charge is 2.35. The molecule has 41 heavy (non-hydrogen) atoms. The third-order valence-electron chi connectivity index (χ3n) is 10.1. The van der Waals surface area contributed by atoms with Crippen molar-refractivity contribution < 1.29 is 0 Å². The maximum Gasteiger partial charge on any atom is 0.00997 e. The Morgan fingerprint density at radius 1 is 0.366 bits per heavy atom. The van der Waals surface area contributed by atoms with E-state index in [1.807, 2.05) is 5.57 Å². The Hall–Kier alpha value is -0.520. The van der Waals surface area contributed by atoms with Gasteiger partial charge in [0.1, 0.15) is 0 Å². The highest BCUT2D eigenvalue weighted by molar-refractivity contribution is 5.42. The van der Waals surface area contributed by atoms with Gasteiger partial charge in [-0.25, -0.2) is 0 Å². The van der Waals surface area contributed by atoms with Crippen LogP contribution in [-0.4, -0.2) is 0 Å². The molecule has 242 valence electrons. The van der Waals surface area contributed by atoms with Gasteiger partial charge in [0, 0.05) is 5.41 Å². The first-order chi connectivity index (χ1) is 20.2. The zero-order valence-electron chi connectivity index (χ0n) is 29.3. The van der Waals surface area contributed by atoms with Gasteiger partial charge in [-0.05, 0) is 44.1 Å². The zero-order valence-corrected chi connectivity index (χ0v) is 29.3. The quantitative estimate of drug-likeness (QED) is 0.0705. The monoisotopic (exact) mass is 571 g/mol. The highest BCUT2D eigenvalue weighted by atomic mass is 14.4. The van der Waals surface area contributed by atoms with Crippen LogP contribution >= 0.6 is 0 Å². The summed E-state index contributed by atoms with van der Waals surface area (Å²) in [5, 5.41) is 0. The van der Waals surface area contributed by atoms with E-state index in [9.17, 15) is 0 Å². The second-order valence-corrected chi connectivity index (χ2v) is 14.0. The maximum atomic E-state index is 2.76. The van der Waals surface area contributed by atoms with Crippen molar-refractivity contribution >= 4 is 0 Å². The molecule has 0 bridgehead atoms. The molecule has 0 amide bonds. The minimum absolute atomic E-state index is 0.408. The molecular weight excluding hydrogens is 492 g/mol. The van der Waals surface area contributed by atoms with Crippen molar-refractivity contribution in [2.75, 3.05) is 0 Å². The SMILES string of the molecule is CCCCCCCCCCC1(CCCCCCCCCC)C=CC(CCCCCCCC)=C1CCCCCCCC. The summed E-state index contributed by atoms with van der Waals surface area (Å²) in [6.45, 7) is 9.34. The van der Waals surface area contributed by atoms with Gasteiger partial charge >= 0.3 is 0 Å². The predicted octanol–water partition coefficient (Wildman–Crippen LogP) is 15.4. The summed E-state index contributed by atoms with van der Waals surface area (Å²) >= 11 is 0. The zero-order chi connectivity index (χ0) is 29.7. The number of allylic oxidation sites excluding steroid dienone is 4. The van der Waals surface area contributed by atoms with Gasteiger partial charge in [0.2, 0.25) is 0 Å². The topological polar surface area (TPSA) is 0 Å². The smallest absolute Gasteiger partial charge is 0.00997 e. The van der Waals surface area contributed by atoms with Gasteiger partial charge in [0.15, 0.2) is 0 Å². The standard InChI is InChI=1S/C41H78/c1-5-9-13-17-21-23-27-31-36-41(37-32-28-24-22-18-14-10-6-2)38-35-39(33-29-25-19-15-11-7-3)40(41)34-30-26-20-16-12-8-4/h35,38H,5-34,36-37H2,1-4H3. The van der Waals surface area contributed by atoms with Crippen LogP contribution in [0, 0.1) is 5.41 Å². The van der Waals surface area contributed by atoms with E-state index in [1.165, 1.54) is 205 Å². The molecule has 0 aromatic rings. The molecule has 0 aromatic carbocycles. The molecule has 0 radical (unpaired) electrons. The van der Waals surface area contributed by atoms with E-state index in [1.54, 1.807) is 5.57 Å². The van der Waals surface area contributed by atoms with Crippen LogP contribution < -0.4 is 0 Å². The molecule has 0 aromatic heterocycles. The van der Waals surface area contributed by atoms with Gasteiger partial charge in [0.05, 0.1) is 0 Å². The first-order valence-corrected chi connectivity index (χ1v) is 19.7. The summed E-state index contributed by atoms with van der Waals surface area (Å²) < 4.78 is 0. The van der Waals surface area contributed by atoms with Crippen molar-refractivity contribution in [3.8, 4) is 0 Å². The van der Waals surface area contributed by atoms with Crippen LogP contribution in [0.25, 0.3) is 0 Å². The fourth-order valence-electron chi connectivity index (χ4n) is 7.34. The van der Waals surface area contributed by atoms with Crippen LogP contribution in [0.2, 0.25) is 0 Å². The van der Waals surface area contributed by atoms with Crippen molar-refractivity contribution in [1.82, 2.24) is 0 Å². The van der Waals surface area contributed by atoms with Gasteiger partial charge in [-0.1, -0.05) is 212 Å². The van der Waals surface area contributed by atoms with Gasteiger partial charge in [0.25, 0.3) is 0 Å². The van der Waals surface area contributed by atoms with Crippen molar-refractivity contribution in [2.45, 2.75) is 233 Å². The lowest BCUT2D eigenvalue weighted by Crippen LogP contribution is -2.20. The third-order valence-corrected chi connectivity index (χ3v) is 10.1. The molecule has 0 saturated heterocycles. The van der Waals surface area contributed by atoms with E-state index in [-0.39, 0.29) is 0 Å². The van der Waals surface area contributed by atoms with Gasteiger partial charge in [-0.3, -0.25) is 0 Å². The summed E-state index contributed by atoms with van der Waals surface area (Å²) in [5.41, 5.74) is 4.12. The molecule has 0 unspecified atom stereocenters. The lowest BCUT2D eigenvalue weighted by atomic mass is 9.71. The Morgan fingerprint density at radius 3 is 1.07 bits per heavy atom. The fraction of sp³-hybridized carbons (Fsp3) is 0.902. The first-order valence-electron chi connectivity index (χ1n) is 19.7. The average molecular weight is 571 g/mol. The number of rotatable bonds is 32. The third kappa shape index (κ3) is 19.4. The Balaban J connectivity index is 2.79. The summed E-state index contributed by atoms with van der Waals surface area (Å²) in [6.07, 6.45) is 51.1. The predicted molar refractivity (Wildman–Crippen MR) is 189 cm³/mol. The van der Waals surface area contributed by atoms with Crippen LogP contribution in [0.15, 0.2) is 23.3 Å². The van der Waals surface area contributed by atoms with Crippen LogP contribution in [-0.2, 0) is 0 Å². The van der Waals surface area contributed by atoms with Crippen molar-refractivity contribution in [2.24, 2.45) is 5.41 Å². The number of hydrogen-bond acceptors (Lipinski definition) is 0. The molecule has 0 N–H and O–H groups in total. The van der Waals surface area contributed by atoms with Gasteiger partial charge < -0.3 is 0 Å². The van der Waals surface area contributed by atoms with Crippen LogP contribution in [0.1, 0.15) is 233 Å². The van der Waals surface area contributed by atoms with E-state index in [0.717, 1.165) is 0 Å². The molecule has 0 spiro atoms. The van der Waals surface area contributed by atoms with Crippen molar-refractivity contribution in [3.63, 3.8) is 0 Å². The number of hydrogen-bond donors (Lipinski definition) is 0. The summed E-state index contributed by atoms with van der Waals surface area (Å²) in [5.74, 6) is 0. The largest absolute Gasteiger partial charge is 0.0740 e. The van der Waals surface area contributed by atoms with Crippen LogP contribution in [0.3, 0.4) is 0 Å². The average Bonchev–Trinajstić information content (AvgIpc) is 3.32. The minimum Gasteiger partial charge on any atom is -0.0740 e. The van der Waals surface area contributed by atoms with Gasteiger partial charge in [-0.15, -0.1) is 0 Å². The first kappa shape index (κ1) is 38.5. The van der Waals surface area contributed by atoms with E-state index >= 15 is 0 Å². The molecular formula is C41H78. The lowest BCUT2D eigenvalue weighted by molar-refractivity contribution is 0.342. The summed E-state index contributed by atoms with van der Waals surface area (Å²) in [7, 11) is 0. The minimum atomic E-state index is 0.408. The van der Waals surface area contributed by atoms with Crippen LogP contribution in [0.4, 0.5) is 0 Å². The fourth-order valence-corrected chi connectivity index (χ4v) is 7.34. The Labute approximate surface area is 261 Å². The summed E-state index contributed by atoms with van der Waals surface area (Å²) in [6, 6.07) is 0. The number of unbranched alkanes of at least 4 members (excludes halogenated alkanes) is 24. The molecule has 0 nitrogen and oxygen atoms in total. The Morgan fingerprint density at radius 2 is 0.683 bits per heavy atom. The highest BCUT2D eigenvalue weighted by Crippen LogP contribution is 2.49. The van der Waals surface area contributed by atoms with Gasteiger partial charge in [-0.2, -0.15) is 0 Å². The lowest BCUT2D eigenvalue weighted by Gasteiger charge is -2.33. The second-order valence-electron chi connectivity index (χ2n) is 14.0. The van der Waals surface area contributed by atoms with E-state index in [0.29, 0.717) is 5.41 Å². The molecule has 1 aliphatic rings. The van der Waals surface area contributed by atoms with Crippen molar-refractivity contribution in [1.29, 1.82) is 0 Å². The van der Waals surface area contributed by atoms with E-state index in [2.05, 4.69) is 39.8 Å². The normalized spacial score (nSPS) is 14.5. The molecule has 1 rings (SSSR count). The Kier molecular flexibility index (Phi) is 26.5. The second kappa shape index (κ2) is 28.3. The Bertz CT molecular complexity index is 588. The van der Waals surface area contributed by atoms with Crippen molar-refractivity contribution in [3.05, 3.63) is 23.3 Å². The van der Waals surface area contributed by atoms with Crippen LogP contribution in [0.5, 0.6) is 0 Å².